The minimum absolute atomic E-state index is 0.0288. The van der Waals surface area contributed by atoms with Gasteiger partial charge in [-0.3, -0.25) is 4.79 Å². The topological polar surface area (TPSA) is 77.1 Å². The molecular weight excluding hydrogens is 405 g/mol. The fourth-order valence-electron chi connectivity index (χ4n) is 2.99. The van der Waals surface area contributed by atoms with Crippen LogP contribution in [0.2, 0.25) is 0 Å². The average molecular weight is 423 g/mol. The van der Waals surface area contributed by atoms with Crippen LogP contribution in [0.4, 0.5) is 4.39 Å². The molecule has 0 bridgehead atoms. The van der Waals surface area contributed by atoms with Crippen LogP contribution < -0.4 is 11.1 Å². The lowest BCUT2D eigenvalue weighted by atomic mass is 10.0. The Labute approximate surface area is 175 Å². The zero-order valence-corrected chi connectivity index (χ0v) is 16.9. The van der Waals surface area contributed by atoms with Crippen LogP contribution in [0.5, 0.6) is 0 Å². The third-order valence-electron chi connectivity index (χ3n) is 4.53. The number of hydrogen-bond donors (Lipinski definition) is 1. The van der Waals surface area contributed by atoms with E-state index in [0.29, 0.717) is 5.56 Å². The minimum atomic E-state index is -0.757. The second kappa shape index (κ2) is 8.46. The largest absolute Gasteiger partial charge is 0.437 e. The summed E-state index contributed by atoms with van der Waals surface area (Å²) in [5, 5.41) is 8.97. The van der Waals surface area contributed by atoms with Gasteiger partial charge in [-0.1, -0.05) is 35.9 Å². The Morgan fingerprint density at radius 2 is 1.90 bits per heavy atom. The first-order valence-electron chi connectivity index (χ1n) is 9.23. The van der Waals surface area contributed by atoms with Crippen molar-refractivity contribution >= 4 is 17.2 Å². The van der Waals surface area contributed by atoms with E-state index in [1.807, 2.05) is 48.7 Å². The van der Waals surface area contributed by atoms with Crippen molar-refractivity contribution in [2.24, 2.45) is 0 Å². The highest BCUT2D eigenvalue weighted by molar-refractivity contribution is 7.10. The molecule has 0 saturated carbocycles. The monoisotopic (exact) mass is 423 g/mol. The fraction of sp³-hybridized carbons (Fsp3) is 0.136. The second-order valence-corrected chi connectivity index (χ2v) is 7.74. The van der Waals surface area contributed by atoms with E-state index in [1.165, 1.54) is 35.6 Å². The maximum atomic E-state index is 13.1. The molecule has 1 amide bonds. The SMILES string of the molecule is Cc1ccc(C(NC(=O)Cn2nc(-c3ccc(F)cc3)oc2=O)c2cccs2)cc1. The highest BCUT2D eigenvalue weighted by atomic mass is 32.1. The third kappa shape index (κ3) is 4.38. The average Bonchev–Trinajstić information content (AvgIpc) is 3.38. The van der Waals surface area contributed by atoms with Crippen molar-refractivity contribution in [3.8, 4) is 11.5 Å². The number of carbonyl (C=O) groups excluding carboxylic acids is 1. The number of benzene rings is 2. The Morgan fingerprint density at radius 1 is 1.17 bits per heavy atom. The van der Waals surface area contributed by atoms with Crippen molar-refractivity contribution in [3.63, 3.8) is 0 Å². The van der Waals surface area contributed by atoms with E-state index in [0.717, 1.165) is 20.7 Å². The summed E-state index contributed by atoms with van der Waals surface area (Å²) in [5.41, 5.74) is 2.51. The Balaban J connectivity index is 1.53. The number of nitrogens with one attached hydrogen (secondary N) is 1. The van der Waals surface area contributed by atoms with Crippen molar-refractivity contribution < 1.29 is 13.6 Å². The smallest absolute Gasteiger partial charge is 0.388 e. The molecule has 0 saturated heterocycles. The zero-order chi connectivity index (χ0) is 21.1. The van der Waals surface area contributed by atoms with Gasteiger partial charge in [0.15, 0.2) is 0 Å². The summed E-state index contributed by atoms with van der Waals surface area (Å²) in [6, 6.07) is 16.8. The molecule has 0 radical (unpaired) electrons. The molecule has 2 aromatic heterocycles. The van der Waals surface area contributed by atoms with Gasteiger partial charge in [0.25, 0.3) is 0 Å². The molecule has 6 nitrogen and oxygen atoms in total. The summed E-state index contributed by atoms with van der Waals surface area (Å²) < 4.78 is 19.2. The molecule has 0 aliphatic carbocycles. The maximum absolute atomic E-state index is 13.1. The number of thiophene rings is 1. The van der Waals surface area contributed by atoms with Gasteiger partial charge in [0.05, 0.1) is 6.04 Å². The maximum Gasteiger partial charge on any atom is 0.437 e. The zero-order valence-electron chi connectivity index (χ0n) is 16.0. The number of aryl methyl sites for hydroxylation is 1. The van der Waals surface area contributed by atoms with Crippen molar-refractivity contribution in [2.75, 3.05) is 0 Å². The molecule has 4 aromatic rings. The van der Waals surface area contributed by atoms with Gasteiger partial charge in [-0.25, -0.2) is 9.18 Å². The standard InChI is InChI=1S/C22H18FN3O3S/c1-14-4-6-15(7-5-14)20(18-3-2-12-30-18)24-19(27)13-26-22(28)29-21(25-26)16-8-10-17(23)11-9-16/h2-12,20H,13H2,1H3,(H,24,27). The first-order chi connectivity index (χ1) is 14.5. The summed E-state index contributed by atoms with van der Waals surface area (Å²) in [7, 11) is 0. The van der Waals surface area contributed by atoms with E-state index in [2.05, 4.69) is 10.4 Å². The quantitative estimate of drug-likeness (QED) is 0.510. The van der Waals surface area contributed by atoms with Gasteiger partial charge in [0.2, 0.25) is 11.8 Å². The van der Waals surface area contributed by atoms with Crippen LogP contribution in [0.25, 0.3) is 11.5 Å². The van der Waals surface area contributed by atoms with Gasteiger partial charge >= 0.3 is 5.76 Å². The Morgan fingerprint density at radius 3 is 2.57 bits per heavy atom. The van der Waals surface area contributed by atoms with E-state index in [4.69, 9.17) is 4.42 Å². The molecule has 0 aliphatic heterocycles. The predicted molar refractivity (Wildman–Crippen MR) is 112 cm³/mol. The molecule has 0 aliphatic rings. The van der Waals surface area contributed by atoms with Crippen molar-refractivity contribution in [3.05, 3.63) is 98.4 Å². The molecule has 4 rings (SSSR count). The molecule has 2 aromatic carbocycles. The molecule has 8 heteroatoms. The normalized spacial score (nSPS) is 11.9. The molecule has 1 N–H and O–H groups in total. The number of aromatic nitrogens is 2. The predicted octanol–water partition coefficient (Wildman–Crippen LogP) is 3.92. The summed E-state index contributed by atoms with van der Waals surface area (Å²) in [5.74, 6) is -1.51. The van der Waals surface area contributed by atoms with Crippen LogP contribution in [0.15, 0.2) is 75.3 Å². The summed E-state index contributed by atoms with van der Waals surface area (Å²) in [6.07, 6.45) is 0. The van der Waals surface area contributed by atoms with Crippen LogP contribution in [-0.2, 0) is 11.3 Å². The van der Waals surface area contributed by atoms with Crippen LogP contribution >= 0.6 is 11.3 Å². The van der Waals surface area contributed by atoms with Gasteiger partial charge in [0.1, 0.15) is 12.4 Å². The fourth-order valence-corrected chi connectivity index (χ4v) is 3.79. The molecule has 0 fully saturated rings. The lowest BCUT2D eigenvalue weighted by molar-refractivity contribution is -0.122. The van der Waals surface area contributed by atoms with Gasteiger partial charge in [-0.15, -0.1) is 16.4 Å². The van der Waals surface area contributed by atoms with Crippen molar-refractivity contribution in [2.45, 2.75) is 19.5 Å². The lowest BCUT2D eigenvalue weighted by Crippen LogP contribution is -2.34. The molecular formula is C22H18FN3O3S. The van der Waals surface area contributed by atoms with E-state index < -0.39 is 11.6 Å². The highest BCUT2D eigenvalue weighted by Gasteiger charge is 2.20. The molecule has 1 unspecified atom stereocenters. The number of rotatable bonds is 6. The Bertz CT molecular complexity index is 1200. The van der Waals surface area contributed by atoms with Crippen LogP contribution in [0.1, 0.15) is 22.0 Å². The number of amides is 1. The second-order valence-electron chi connectivity index (χ2n) is 6.76. The number of nitrogens with zero attached hydrogens (tertiary/aromatic N) is 2. The molecule has 2 heterocycles. The van der Waals surface area contributed by atoms with E-state index in [-0.39, 0.29) is 24.4 Å². The third-order valence-corrected chi connectivity index (χ3v) is 5.47. The number of halogens is 1. The van der Waals surface area contributed by atoms with Crippen LogP contribution in [0.3, 0.4) is 0 Å². The Hall–Kier alpha value is -3.52. The van der Waals surface area contributed by atoms with Crippen LogP contribution in [-0.4, -0.2) is 15.7 Å². The summed E-state index contributed by atoms with van der Waals surface area (Å²) in [6.45, 7) is 1.70. The lowest BCUT2D eigenvalue weighted by Gasteiger charge is -2.18. The molecule has 0 spiro atoms. The van der Waals surface area contributed by atoms with E-state index in [1.54, 1.807) is 0 Å². The van der Waals surface area contributed by atoms with Gasteiger partial charge in [-0.2, -0.15) is 4.68 Å². The molecule has 30 heavy (non-hydrogen) atoms. The minimum Gasteiger partial charge on any atom is -0.388 e. The highest BCUT2D eigenvalue weighted by Crippen LogP contribution is 2.26. The summed E-state index contributed by atoms with van der Waals surface area (Å²) >= 11 is 1.54. The van der Waals surface area contributed by atoms with E-state index in [9.17, 15) is 14.0 Å². The first kappa shape index (κ1) is 19.8. The van der Waals surface area contributed by atoms with Gasteiger partial charge < -0.3 is 9.73 Å². The van der Waals surface area contributed by atoms with Crippen molar-refractivity contribution in [1.29, 1.82) is 0 Å². The molecule has 152 valence electrons. The first-order valence-corrected chi connectivity index (χ1v) is 10.1. The summed E-state index contributed by atoms with van der Waals surface area (Å²) in [4.78, 5) is 25.8. The van der Waals surface area contributed by atoms with Crippen molar-refractivity contribution in [1.82, 2.24) is 15.1 Å². The van der Waals surface area contributed by atoms with Gasteiger partial charge in [-0.05, 0) is 48.2 Å². The molecule has 1 atom stereocenters. The van der Waals surface area contributed by atoms with Crippen LogP contribution in [0, 0.1) is 12.7 Å². The number of hydrogen-bond acceptors (Lipinski definition) is 5. The van der Waals surface area contributed by atoms with Gasteiger partial charge in [0, 0.05) is 10.4 Å². The Kier molecular flexibility index (Phi) is 5.58. The van der Waals surface area contributed by atoms with E-state index >= 15 is 0 Å². The number of carbonyl (C=O) groups is 1.